The van der Waals surface area contributed by atoms with Crippen LogP contribution in [0.25, 0.3) is 10.1 Å². The van der Waals surface area contributed by atoms with Crippen molar-refractivity contribution >= 4 is 72.3 Å². The molecule has 0 amide bonds. The van der Waals surface area contributed by atoms with E-state index in [0.29, 0.717) is 0 Å². The normalized spacial score (nSPS) is 23.7. The lowest BCUT2D eigenvalue weighted by molar-refractivity contribution is 0.332. The van der Waals surface area contributed by atoms with Gasteiger partial charge >= 0.3 is 0 Å². The number of hydrogen-bond acceptors (Lipinski definition) is 3. The Bertz CT molecular complexity index is 2840. The second kappa shape index (κ2) is 12.8. The van der Waals surface area contributed by atoms with E-state index in [4.69, 9.17) is 0 Å². The van der Waals surface area contributed by atoms with Crippen LogP contribution in [0.3, 0.4) is 0 Å². The minimum absolute atomic E-state index is 0.0925. The number of anilines is 5. The molecule has 11 rings (SSSR count). The van der Waals surface area contributed by atoms with Crippen molar-refractivity contribution in [2.24, 2.45) is 0 Å². The van der Waals surface area contributed by atoms with Crippen LogP contribution in [0.5, 0.6) is 0 Å². The highest BCUT2D eigenvalue weighted by molar-refractivity contribution is 7.33. The van der Waals surface area contributed by atoms with E-state index in [9.17, 15) is 0 Å². The molecule has 320 valence electrons. The third-order valence-electron chi connectivity index (χ3n) is 17.5. The predicted molar refractivity (Wildman–Crippen MR) is 272 cm³/mol. The van der Waals surface area contributed by atoms with E-state index in [1.54, 1.807) is 16.7 Å². The van der Waals surface area contributed by atoms with E-state index in [2.05, 4.69) is 191 Å². The van der Waals surface area contributed by atoms with Gasteiger partial charge in [-0.1, -0.05) is 119 Å². The molecule has 0 saturated heterocycles. The number of fused-ring (bicyclic) bond motifs is 9. The zero-order valence-corrected chi connectivity index (χ0v) is 41.2. The van der Waals surface area contributed by atoms with Gasteiger partial charge in [-0.2, -0.15) is 0 Å². The molecule has 3 heterocycles. The molecule has 4 aromatic carbocycles. The van der Waals surface area contributed by atoms with Crippen LogP contribution < -0.4 is 25.5 Å². The average molecular weight is 837 g/mol. The van der Waals surface area contributed by atoms with Gasteiger partial charge in [0.1, 0.15) is 0 Å². The van der Waals surface area contributed by atoms with Gasteiger partial charge in [0.15, 0.2) is 0 Å². The van der Waals surface area contributed by atoms with Crippen molar-refractivity contribution in [1.29, 1.82) is 0 Å². The Morgan fingerprint density at radius 2 is 1.10 bits per heavy atom. The van der Waals surface area contributed by atoms with Crippen molar-refractivity contribution in [3.05, 3.63) is 117 Å². The lowest BCUT2D eigenvalue weighted by Gasteiger charge is -2.48. The van der Waals surface area contributed by atoms with Gasteiger partial charge in [0.2, 0.25) is 0 Å². The number of rotatable bonds is 2. The summed E-state index contributed by atoms with van der Waals surface area (Å²) in [6.07, 6.45) is 15.6. The molecule has 5 aromatic rings. The topological polar surface area (TPSA) is 6.48 Å². The minimum atomic E-state index is 0.0925. The Morgan fingerprint density at radius 3 is 1.69 bits per heavy atom. The Balaban J connectivity index is 1.26. The summed E-state index contributed by atoms with van der Waals surface area (Å²) in [6, 6.07) is 23.7. The van der Waals surface area contributed by atoms with Crippen molar-refractivity contribution < 1.29 is 0 Å². The highest BCUT2D eigenvalue weighted by Crippen LogP contribution is 2.55. The molecule has 6 aliphatic rings. The van der Waals surface area contributed by atoms with Crippen molar-refractivity contribution in [2.75, 3.05) is 9.80 Å². The van der Waals surface area contributed by atoms with E-state index < -0.39 is 0 Å². The maximum absolute atomic E-state index is 2.82. The second-order valence-corrected chi connectivity index (χ2v) is 25.7. The van der Waals surface area contributed by atoms with Gasteiger partial charge in [0, 0.05) is 37.6 Å². The SMILES string of the molecule is CC1=CCC(N2c3cc(C)cc4c3B(c3cc5c(cc3N4c3ccc4c(c3)C(C)(C)CCC4(C)C)C(C)(C)CCC5(C)C)c3sc4cc5c(cc4c32)C(C)(C)CCC5(C)C)C=C1. The lowest BCUT2D eigenvalue weighted by Crippen LogP contribution is -2.62. The summed E-state index contributed by atoms with van der Waals surface area (Å²) in [6.45, 7) is 34.6. The largest absolute Gasteiger partial charge is 0.334 e. The molecule has 0 spiro atoms. The highest BCUT2D eigenvalue weighted by atomic mass is 32.1. The van der Waals surface area contributed by atoms with Crippen LogP contribution in [0.1, 0.15) is 174 Å². The van der Waals surface area contributed by atoms with Gasteiger partial charge in [-0.05, 0) is 184 Å². The van der Waals surface area contributed by atoms with E-state index in [-0.39, 0.29) is 45.2 Å². The van der Waals surface area contributed by atoms with Gasteiger partial charge in [0.05, 0.1) is 11.7 Å². The molecule has 0 saturated carbocycles. The Labute approximate surface area is 378 Å². The molecule has 4 heteroatoms. The fourth-order valence-corrected chi connectivity index (χ4v) is 14.4. The standard InChI is InChI=1S/C58H69BN2S/c1-34-15-17-36(18-16-34)61-48-28-35(2)27-47-50(48)59(52-51(61)38-30-41-44(33-49(38)62-52)58(13,14)26-23-55(41,7)8)45-31-42-43(57(11,12)25-24-56(42,9)10)32-46(45)60(47)37-19-20-39-40(29-37)54(5,6)22-21-53(39,3)4/h15-17,19-20,27-33,36H,18,21-26H2,1-14H3. The molecule has 0 bridgehead atoms. The summed E-state index contributed by atoms with van der Waals surface area (Å²) in [5.74, 6) is 0. The summed E-state index contributed by atoms with van der Waals surface area (Å²) in [7, 11) is 0. The monoisotopic (exact) mass is 837 g/mol. The van der Waals surface area contributed by atoms with Crippen LogP contribution >= 0.6 is 11.3 Å². The first-order chi connectivity index (χ1) is 29.0. The summed E-state index contributed by atoms with van der Waals surface area (Å²) in [5, 5.41) is 1.45. The molecule has 4 aliphatic carbocycles. The first-order valence-corrected chi connectivity index (χ1v) is 24.9. The zero-order chi connectivity index (χ0) is 43.8. The average Bonchev–Trinajstić information content (AvgIpc) is 3.58. The van der Waals surface area contributed by atoms with Crippen LogP contribution in [0.15, 0.2) is 78.4 Å². The molecule has 0 radical (unpaired) electrons. The van der Waals surface area contributed by atoms with Gasteiger partial charge in [-0.25, -0.2) is 0 Å². The fraction of sp³-hybridized carbons (Fsp3) is 0.483. The van der Waals surface area contributed by atoms with Crippen LogP contribution in [-0.4, -0.2) is 12.8 Å². The van der Waals surface area contributed by atoms with Crippen molar-refractivity contribution in [2.45, 2.75) is 180 Å². The lowest BCUT2D eigenvalue weighted by atomic mass is 9.35. The number of hydrogen-bond donors (Lipinski definition) is 0. The maximum Gasteiger partial charge on any atom is 0.264 e. The Morgan fingerprint density at radius 1 is 0.565 bits per heavy atom. The van der Waals surface area contributed by atoms with Gasteiger partial charge in [-0.15, -0.1) is 11.3 Å². The molecule has 0 N–H and O–H groups in total. The molecule has 1 aromatic heterocycles. The summed E-state index contributed by atoms with van der Waals surface area (Å²) in [4.78, 5) is 5.55. The van der Waals surface area contributed by atoms with Gasteiger partial charge in [0.25, 0.3) is 6.71 Å². The number of benzene rings is 4. The minimum Gasteiger partial charge on any atom is -0.334 e. The Kier molecular flexibility index (Phi) is 8.43. The van der Waals surface area contributed by atoms with Gasteiger partial charge in [-0.3, -0.25) is 0 Å². The molecular formula is C58H69BN2S. The molecular weight excluding hydrogens is 768 g/mol. The van der Waals surface area contributed by atoms with E-state index >= 15 is 0 Å². The molecule has 1 atom stereocenters. The van der Waals surface area contributed by atoms with Crippen LogP contribution in [0, 0.1) is 6.92 Å². The first-order valence-electron chi connectivity index (χ1n) is 24.0. The zero-order valence-electron chi connectivity index (χ0n) is 40.3. The fourth-order valence-electron chi connectivity index (χ4n) is 13.0. The number of nitrogens with zero attached hydrogens (tertiary/aromatic N) is 2. The van der Waals surface area contributed by atoms with Crippen LogP contribution in [0.4, 0.5) is 28.4 Å². The molecule has 2 aliphatic heterocycles. The molecule has 2 nitrogen and oxygen atoms in total. The summed E-state index contributed by atoms with van der Waals surface area (Å²) in [5.41, 5.74) is 22.5. The number of aryl methyl sites for hydroxylation is 1. The van der Waals surface area contributed by atoms with Gasteiger partial charge < -0.3 is 9.80 Å². The molecule has 62 heavy (non-hydrogen) atoms. The first kappa shape index (κ1) is 40.7. The predicted octanol–water partition coefficient (Wildman–Crippen LogP) is 14.3. The molecule has 0 fully saturated rings. The second-order valence-electron chi connectivity index (χ2n) is 24.7. The van der Waals surface area contributed by atoms with Crippen LogP contribution in [0.2, 0.25) is 0 Å². The third kappa shape index (κ3) is 5.72. The number of thiophene rings is 1. The Hall–Kier alpha value is -4.02. The van der Waals surface area contributed by atoms with Crippen molar-refractivity contribution in [1.82, 2.24) is 0 Å². The summed E-state index contributed by atoms with van der Waals surface area (Å²) >= 11 is 2.10. The van der Waals surface area contributed by atoms with Crippen molar-refractivity contribution in [3.63, 3.8) is 0 Å². The van der Waals surface area contributed by atoms with Crippen LogP contribution in [-0.2, 0) is 32.5 Å². The van der Waals surface area contributed by atoms with E-state index in [0.717, 1.165) is 6.42 Å². The van der Waals surface area contributed by atoms with E-state index in [1.165, 1.54) is 121 Å². The van der Waals surface area contributed by atoms with E-state index in [1.807, 2.05) is 0 Å². The highest BCUT2D eigenvalue weighted by Gasteiger charge is 2.49. The van der Waals surface area contributed by atoms with Crippen molar-refractivity contribution in [3.8, 4) is 0 Å². The number of allylic oxidation sites excluding steroid dienone is 2. The summed E-state index contributed by atoms with van der Waals surface area (Å²) < 4.78 is 2.97. The quantitative estimate of drug-likeness (QED) is 0.160. The maximum atomic E-state index is 2.82. The molecule has 1 unspecified atom stereocenters. The smallest absolute Gasteiger partial charge is 0.264 e. The third-order valence-corrected chi connectivity index (χ3v) is 18.7.